The molecule has 8 heteroatoms. The topological polar surface area (TPSA) is 77.7 Å². The van der Waals surface area contributed by atoms with Crippen LogP contribution in [-0.4, -0.2) is 44.2 Å². The number of nitrogens with two attached hydrogens (primary N) is 1. The van der Waals surface area contributed by atoms with Gasteiger partial charge in [-0.05, 0) is 12.1 Å². The zero-order valence-corrected chi connectivity index (χ0v) is 13.8. The highest BCUT2D eigenvalue weighted by molar-refractivity contribution is 7.13. The largest absolute Gasteiger partial charge is 0.367 e. The number of nitrogens with zero attached hydrogens (tertiary/aromatic N) is 4. The van der Waals surface area contributed by atoms with Gasteiger partial charge in [-0.25, -0.2) is 9.78 Å². The Morgan fingerprint density at radius 2 is 2.09 bits per heavy atom. The second kappa shape index (κ2) is 6.84. The van der Waals surface area contributed by atoms with E-state index in [1.807, 2.05) is 29.6 Å². The van der Waals surface area contributed by atoms with Crippen molar-refractivity contribution in [2.24, 2.45) is 5.73 Å². The van der Waals surface area contributed by atoms with Crippen LogP contribution in [0.5, 0.6) is 0 Å². The van der Waals surface area contributed by atoms with Gasteiger partial charge >= 0.3 is 6.03 Å². The first-order valence-electron chi connectivity index (χ1n) is 7.46. The molecule has 122 valence electrons. The van der Waals surface area contributed by atoms with Gasteiger partial charge in [-0.2, -0.15) is 5.01 Å². The van der Waals surface area contributed by atoms with Gasteiger partial charge in [-0.15, -0.1) is 11.3 Å². The summed E-state index contributed by atoms with van der Waals surface area (Å²) in [5.41, 5.74) is 7.43. The monoisotopic (exact) mass is 332 g/mol. The number of carbonyl (C=O) groups excluding carboxylic acids is 1. The number of nitrogens with one attached hydrogen (secondary N) is 1. The Hall–Kier alpha value is -2.32. The minimum Gasteiger partial charge on any atom is -0.367 e. The average Bonchev–Trinajstić information content (AvgIpc) is 3.10. The van der Waals surface area contributed by atoms with Gasteiger partial charge in [0.15, 0.2) is 0 Å². The minimum atomic E-state index is -0.537. The SMILES string of the molecule is CN(c1nccs1)N(C(N)=O)c1ccccc1N1CCNCC1. The molecule has 0 radical (unpaired) electrons. The molecule has 1 aliphatic rings. The van der Waals surface area contributed by atoms with E-state index in [9.17, 15) is 4.79 Å². The maximum Gasteiger partial charge on any atom is 0.338 e. The molecule has 0 unspecified atom stereocenters. The number of aromatic nitrogens is 1. The van der Waals surface area contributed by atoms with E-state index < -0.39 is 6.03 Å². The van der Waals surface area contributed by atoms with E-state index in [4.69, 9.17) is 5.73 Å². The van der Waals surface area contributed by atoms with Crippen LogP contribution in [0, 0.1) is 0 Å². The quantitative estimate of drug-likeness (QED) is 0.830. The van der Waals surface area contributed by atoms with Gasteiger partial charge < -0.3 is 16.0 Å². The van der Waals surface area contributed by atoms with E-state index in [1.165, 1.54) is 16.3 Å². The van der Waals surface area contributed by atoms with Gasteiger partial charge in [0.2, 0.25) is 5.13 Å². The summed E-state index contributed by atoms with van der Waals surface area (Å²) in [5, 5.41) is 9.07. The van der Waals surface area contributed by atoms with Crippen molar-refractivity contribution < 1.29 is 4.79 Å². The standard InChI is InChI=1S/C15H20N6OS/c1-19(15-18-8-11-23-15)21(14(16)22)13-5-3-2-4-12(13)20-9-6-17-7-10-20/h2-5,8,11,17H,6-7,9-10H2,1H3,(H2,16,22). The van der Waals surface area contributed by atoms with Crippen LogP contribution in [0.4, 0.5) is 21.3 Å². The van der Waals surface area contributed by atoms with Gasteiger partial charge in [0.1, 0.15) is 0 Å². The lowest BCUT2D eigenvalue weighted by molar-refractivity contribution is 0.253. The van der Waals surface area contributed by atoms with Crippen molar-refractivity contribution in [1.29, 1.82) is 0 Å². The molecule has 3 N–H and O–H groups in total. The van der Waals surface area contributed by atoms with Crippen LogP contribution >= 0.6 is 11.3 Å². The number of hydrogen-bond donors (Lipinski definition) is 2. The van der Waals surface area contributed by atoms with Gasteiger partial charge in [-0.1, -0.05) is 12.1 Å². The number of amides is 2. The third kappa shape index (κ3) is 3.22. The molecule has 0 saturated carbocycles. The van der Waals surface area contributed by atoms with E-state index in [0.29, 0.717) is 5.13 Å². The average molecular weight is 332 g/mol. The molecule has 1 saturated heterocycles. The van der Waals surface area contributed by atoms with Crippen molar-refractivity contribution in [3.8, 4) is 0 Å². The van der Waals surface area contributed by atoms with E-state index >= 15 is 0 Å². The fraction of sp³-hybridized carbons (Fsp3) is 0.333. The molecule has 23 heavy (non-hydrogen) atoms. The van der Waals surface area contributed by atoms with E-state index in [0.717, 1.165) is 37.6 Å². The Kier molecular flexibility index (Phi) is 4.63. The number of benzene rings is 1. The van der Waals surface area contributed by atoms with E-state index in [2.05, 4.69) is 15.2 Å². The molecule has 1 aromatic carbocycles. The molecule has 2 amide bonds. The van der Waals surface area contributed by atoms with Crippen molar-refractivity contribution in [2.45, 2.75) is 0 Å². The Bertz CT molecular complexity index is 656. The smallest absolute Gasteiger partial charge is 0.338 e. The zero-order chi connectivity index (χ0) is 16.2. The molecule has 0 spiro atoms. The number of thiazole rings is 1. The van der Waals surface area contributed by atoms with Crippen LogP contribution in [0.25, 0.3) is 0 Å². The van der Waals surface area contributed by atoms with E-state index in [-0.39, 0.29) is 0 Å². The lowest BCUT2D eigenvalue weighted by atomic mass is 10.2. The number of anilines is 3. The third-order valence-electron chi connectivity index (χ3n) is 3.77. The van der Waals surface area contributed by atoms with Crippen molar-refractivity contribution in [2.75, 3.05) is 48.1 Å². The van der Waals surface area contributed by atoms with Crippen LogP contribution in [0.1, 0.15) is 0 Å². The molecule has 3 rings (SSSR count). The third-order valence-corrected chi connectivity index (χ3v) is 4.61. The highest BCUT2D eigenvalue weighted by atomic mass is 32.1. The number of carbonyl (C=O) groups is 1. The molecule has 2 aromatic rings. The summed E-state index contributed by atoms with van der Waals surface area (Å²) >= 11 is 1.45. The lowest BCUT2D eigenvalue weighted by Crippen LogP contribution is -2.49. The van der Waals surface area contributed by atoms with Gasteiger partial charge in [0.05, 0.1) is 11.4 Å². The van der Waals surface area contributed by atoms with Crippen molar-refractivity contribution in [3.05, 3.63) is 35.8 Å². The molecule has 0 atom stereocenters. The minimum absolute atomic E-state index is 0.537. The first kappa shape index (κ1) is 15.6. The highest BCUT2D eigenvalue weighted by Gasteiger charge is 2.25. The summed E-state index contributed by atoms with van der Waals surface area (Å²) in [4.78, 5) is 18.6. The number of rotatable bonds is 4. The number of hydrazine groups is 1. The molecular formula is C15H20N6OS. The fourth-order valence-electron chi connectivity index (χ4n) is 2.71. The molecule has 0 aliphatic carbocycles. The maximum atomic E-state index is 12.1. The molecule has 1 aliphatic heterocycles. The number of primary amides is 1. The van der Waals surface area contributed by atoms with Crippen molar-refractivity contribution >= 4 is 33.9 Å². The summed E-state index contributed by atoms with van der Waals surface area (Å²) in [6, 6.07) is 7.28. The zero-order valence-electron chi connectivity index (χ0n) is 13.0. The number of para-hydroxylation sites is 2. The summed E-state index contributed by atoms with van der Waals surface area (Å²) in [7, 11) is 1.79. The number of piperazine rings is 1. The van der Waals surface area contributed by atoms with Crippen LogP contribution in [0.15, 0.2) is 35.8 Å². The summed E-state index contributed by atoms with van der Waals surface area (Å²) in [6.45, 7) is 3.63. The lowest BCUT2D eigenvalue weighted by Gasteiger charge is -2.36. The number of urea groups is 1. The molecule has 1 aromatic heterocycles. The normalized spacial score (nSPS) is 14.6. The second-order valence-electron chi connectivity index (χ2n) is 5.21. The fourth-order valence-corrected chi connectivity index (χ4v) is 3.31. The first-order chi connectivity index (χ1) is 11.2. The predicted molar refractivity (Wildman–Crippen MR) is 94.1 cm³/mol. The Morgan fingerprint density at radius 1 is 1.35 bits per heavy atom. The molecule has 0 bridgehead atoms. The van der Waals surface area contributed by atoms with Crippen LogP contribution in [-0.2, 0) is 0 Å². The van der Waals surface area contributed by atoms with Crippen molar-refractivity contribution in [1.82, 2.24) is 10.3 Å². The molecule has 7 nitrogen and oxygen atoms in total. The summed E-state index contributed by atoms with van der Waals surface area (Å²) in [6.07, 6.45) is 1.71. The predicted octanol–water partition coefficient (Wildman–Crippen LogP) is 1.49. The molecule has 2 heterocycles. The Morgan fingerprint density at radius 3 is 2.74 bits per heavy atom. The van der Waals surface area contributed by atoms with Crippen molar-refractivity contribution in [3.63, 3.8) is 0 Å². The van der Waals surface area contributed by atoms with Crippen LogP contribution < -0.4 is 26.0 Å². The maximum absolute atomic E-state index is 12.1. The Balaban J connectivity index is 1.98. The highest BCUT2D eigenvalue weighted by Crippen LogP contribution is 2.32. The molecule has 1 fully saturated rings. The summed E-state index contributed by atoms with van der Waals surface area (Å²) in [5.74, 6) is 0. The summed E-state index contributed by atoms with van der Waals surface area (Å²) < 4.78 is 0. The van der Waals surface area contributed by atoms with Crippen LogP contribution in [0.3, 0.4) is 0 Å². The van der Waals surface area contributed by atoms with Gasteiger partial charge in [-0.3, -0.25) is 5.01 Å². The van der Waals surface area contributed by atoms with Gasteiger partial charge in [0.25, 0.3) is 0 Å². The molecular weight excluding hydrogens is 312 g/mol. The first-order valence-corrected chi connectivity index (χ1v) is 8.34. The van der Waals surface area contributed by atoms with Crippen LogP contribution in [0.2, 0.25) is 0 Å². The number of hydrogen-bond acceptors (Lipinski definition) is 6. The van der Waals surface area contributed by atoms with E-state index in [1.54, 1.807) is 18.3 Å². The second-order valence-corrected chi connectivity index (χ2v) is 6.09. The Labute approximate surface area is 139 Å². The van der Waals surface area contributed by atoms with Gasteiger partial charge in [0, 0.05) is 44.8 Å².